The van der Waals surface area contributed by atoms with Crippen molar-refractivity contribution in [3.8, 4) is 0 Å². The lowest BCUT2D eigenvalue weighted by Gasteiger charge is -2.31. The Bertz CT molecular complexity index is 1560. The van der Waals surface area contributed by atoms with Crippen molar-refractivity contribution in [2.75, 3.05) is 19.0 Å². The van der Waals surface area contributed by atoms with E-state index >= 15 is 0 Å². The van der Waals surface area contributed by atoms with Gasteiger partial charge in [0.25, 0.3) is 0 Å². The predicted molar refractivity (Wildman–Crippen MR) is 138 cm³/mol. The van der Waals surface area contributed by atoms with Crippen LogP contribution in [0.1, 0.15) is 34.0 Å². The van der Waals surface area contributed by atoms with Gasteiger partial charge in [-0.1, -0.05) is 54.6 Å². The molecule has 2 heterocycles. The third-order valence-electron chi connectivity index (χ3n) is 7.06. The molecule has 4 nitrogen and oxygen atoms in total. The Morgan fingerprint density at radius 1 is 0.794 bits per heavy atom. The third kappa shape index (κ3) is 2.75. The van der Waals surface area contributed by atoms with Crippen LogP contribution in [0.3, 0.4) is 0 Å². The third-order valence-corrected chi connectivity index (χ3v) is 7.06. The van der Waals surface area contributed by atoms with Crippen molar-refractivity contribution >= 4 is 33.5 Å². The van der Waals surface area contributed by atoms with Gasteiger partial charge in [0.15, 0.2) is 5.60 Å². The van der Waals surface area contributed by atoms with Crippen molar-refractivity contribution in [3.05, 3.63) is 113 Å². The monoisotopic (exact) mass is 446 g/mol. The Balaban J connectivity index is 1.66. The number of hydrogen-bond acceptors (Lipinski definition) is 3. The van der Waals surface area contributed by atoms with Crippen molar-refractivity contribution < 1.29 is 9.53 Å². The van der Waals surface area contributed by atoms with Crippen LogP contribution in [-0.2, 0) is 16.9 Å². The number of fused-ring (bicyclic) bond motifs is 4. The number of cyclic esters (lactones) is 1. The molecule has 1 atom stereocenters. The molecule has 168 valence electrons. The molecule has 0 bridgehead atoms. The second kappa shape index (κ2) is 7.49. The van der Waals surface area contributed by atoms with Crippen molar-refractivity contribution in [1.29, 1.82) is 0 Å². The number of esters is 1. The van der Waals surface area contributed by atoms with E-state index in [9.17, 15) is 4.79 Å². The zero-order valence-corrected chi connectivity index (χ0v) is 19.6. The normalized spacial score (nSPS) is 17.2. The summed E-state index contributed by atoms with van der Waals surface area (Å²) < 4.78 is 8.66. The molecule has 34 heavy (non-hydrogen) atoms. The lowest BCUT2D eigenvalue weighted by atomic mass is 9.79. The van der Waals surface area contributed by atoms with E-state index in [0.717, 1.165) is 28.9 Å². The number of anilines is 1. The minimum Gasteiger partial charge on any atom is -0.441 e. The van der Waals surface area contributed by atoms with Crippen LogP contribution in [0.15, 0.2) is 91.0 Å². The molecule has 1 aromatic heterocycles. The van der Waals surface area contributed by atoms with E-state index < -0.39 is 5.60 Å². The molecular formula is C30H26N2O2. The minimum absolute atomic E-state index is 0.289. The summed E-state index contributed by atoms with van der Waals surface area (Å²) in [5.41, 5.74) is 5.89. The maximum Gasteiger partial charge on any atom is 0.340 e. The van der Waals surface area contributed by atoms with Gasteiger partial charge >= 0.3 is 5.97 Å². The van der Waals surface area contributed by atoms with E-state index in [-0.39, 0.29) is 5.97 Å². The first kappa shape index (κ1) is 20.5. The molecule has 4 aromatic carbocycles. The fourth-order valence-electron chi connectivity index (χ4n) is 5.42. The number of aryl methyl sites for hydroxylation is 1. The van der Waals surface area contributed by atoms with Crippen LogP contribution in [0, 0.1) is 0 Å². The molecule has 5 aromatic rings. The van der Waals surface area contributed by atoms with Gasteiger partial charge in [0.1, 0.15) is 0 Å². The van der Waals surface area contributed by atoms with Crippen molar-refractivity contribution in [3.63, 3.8) is 0 Å². The number of carbonyl (C=O) groups excluding carboxylic acids is 1. The zero-order valence-electron chi connectivity index (χ0n) is 19.6. The second-order valence-corrected chi connectivity index (χ2v) is 9.05. The zero-order chi connectivity index (χ0) is 23.4. The largest absolute Gasteiger partial charge is 0.441 e. The van der Waals surface area contributed by atoms with Gasteiger partial charge < -0.3 is 14.2 Å². The van der Waals surface area contributed by atoms with Crippen LogP contribution in [0.4, 0.5) is 5.69 Å². The van der Waals surface area contributed by atoms with E-state index in [1.54, 1.807) is 0 Å². The van der Waals surface area contributed by atoms with Crippen molar-refractivity contribution in [2.24, 2.45) is 0 Å². The molecule has 0 aliphatic carbocycles. The summed E-state index contributed by atoms with van der Waals surface area (Å²) in [6, 6.07) is 31.0. The molecule has 0 saturated carbocycles. The van der Waals surface area contributed by atoms with Crippen LogP contribution >= 0.6 is 0 Å². The molecule has 0 radical (unpaired) electrons. The number of benzene rings is 4. The summed E-state index contributed by atoms with van der Waals surface area (Å²) in [7, 11) is 4.04. The molecule has 0 amide bonds. The quantitative estimate of drug-likeness (QED) is 0.302. The van der Waals surface area contributed by atoms with Crippen molar-refractivity contribution in [2.45, 2.75) is 19.1 Å². The number of aromatic nitrogens is 1. The fraction of sp³-hybridized carbons (Fsp3) is 0.167. The first-order valence-electron chi connectivity index (χ1n) is 11.7. The van der Waals surface area contributed by atoms with Gasteiger partial charge in [-0.15, -0.1) is 0 Å². The highest BCUT2D eigenvalue weighted by Crippen LogP contribution is 2.48. The molecular weight excluding hydrogens is 420 g/mol. The highest BCUT2D eigenvalue weighted by Gasteiger charge is 2.48. The average molecular weight is 447 g/mol. The van der Waals surface area contributed by atoms with Gasteiger partial charge in [0, 0.05) is 64.8 Å². The highest BCUT2D eigenvalue weighted by atomic mass is 16.6. The Kier molecular flexibility index (Phi) is 4.53. The summed E-state index contributed by atoms with van der Waals surface area (Å²) in [5, 5.41) is 2.37. The molecule has 1 aliphatic heterocycles. The molecule has 1 unspecified atom stereocenters. The average Bonchev–Trinajstić information content (AvgIpc) is 3.36. The smallest absolute Gasteiger partial charge is 0.340 e. The molecule has 0 spiro atoms. The number of rotatable bonds is 4. The van der Waals surface area contributed by atoms with Gasteiger partial charge in [-0.25, -0.2) is 4.79 Å². The van der Waals surface area contributed by atoms with E-state index in [2.05, 4.69) is 83.1 Å². The molecule has 1 aliphatic rings. The van der Waals surface area contributed by atoms with Gasteiger partial charge in [-0.2, -0.15) is 0 Å². The number of carbonyl (C=O) groups is 1. The first-order valence-corrected chi connectivity index (χ1v) is 11.7. The Morgan fingerprint density at radius 3 is 2.24 bits per heavy atom. The summed E-state index contributed by atoms with van der Waals surface area (Å²) in [6.45, 7) is 3.06. The van der Waals surface area contributed by atoms with Gasteiger partial charge in [-0.05, 0) is 43.3 Å². The molecule has 0 fully saturated rings. The summed E-state index contributed by atoms with van der Waals surface area (Å²) >= 11 is 0. The Morgan fingerprint density at radius 2 is 1.47 bits per heavy atom. The SMILES string of the molecule is CCn1c2ccccc2c2cc(C3(c4ccc(N(C)C)cc4)OC(=O)c4ccccc43)ccc21. The molecule has 0 N–H and O–H groups in total. The second-order valence-electron chi connectivity index (χ2n) is 9.05. The number of hydrogen-bond donors (Lipinski definition) is 0. The van der Waals surface area contributed by atoms with Crippen molar-refractivity contribution in [1.82, 2.24) is 4.57 Å². The first-order chi connectivity index (χ1) is 16.5. The number of para-hydroxylation sites is 1. The number of nitrogens with zero attached hydrogens (tertiary/aromatic N) is 2. The summed E-state index contributed by atoms with van der Waals surface area (Å²) in [6.07, 6.45) is 0. The van der Waals surface area contributed by atoms with Gasteiger partial charge in [-0.3, -0.25) is 0 Å². The lowest BCUT2D eigenvalue weighted by molar-refractivity contribution is 0.0252. The standard InChI is InChI=1S/C30H26N2O2/c1-4-32-27-12-8-6-9-23(27)25-19-21(15-18-28(25)32)30(20-13-16-22(17-14-20)31(2)3)26-11-7-5-10-24(26)29(33)34-30/h5-19H,4H2,1-3H3. The predicted octanol–water partition coefficient (Wildman–Crippen LogP) is 6.34. The minimum atomic E-state index is -0.998. The maximum absolute atomic E-state index is 13.1. The Labute approximate surface area is 199 Å². The van der Waals surface area contributed by atoms with E-state index in [1.807, 2.05) is 38.4 Å². The van der Waals surface area contributed by atoms with E-state index in [1.165, 1.54) is 21.8 Å². The fourth-order valence-corrected chi connectivity index (χ4v) is 5.42. The van der Waals surface area contributed by atoms with Crippen LogP contribution in [0.2, 0.25) is 0 Å². The van der Waals surface area contributed by atoms with Crippen LogP contribution in [-0.4, -0.2) is 24.6 Å². The van der Waals surface area contributed by atoms with E-state index in [0.29, 0.717) is 5.56 Å². The van der Waals surface area contributed by atoms with Crippen LogP contribution in [0.5, 0.6) is 0 Å². The summed E-state index contributed by atoms with van der Waals surface area (Å²) in [5.74, 6) is -0.289. The van der Waals surface area contributed by atoms with Crippen LogP contribution in [0.25, 0.3) is 21.8 Å². The Hall–Kier alpha value is -4.05. The topological polar surface area (TPSA) is 34.5 Å². The molecule has 6 rings (SSSR count). The van der Waals surface area contributed by atoms with Crippen LogP contribution < -0.4 is 4.90 Å². The van der Waals surface area contributed by atoms with Gasteiger partial charge in [0.2, 0.25) is 0 Å². The lowest BCUT2D eigenvalue weighted by Crippen LogP contribution is -2.29. The highest BCUT2D eigenvalue weighted by molar-refractivity contribution is 6.08. The molecule has 0 saturated heterocycles. The summed E-state index contributed by atoms with van der Waals surface area (Å²) in [4.78, 5) is 15.2. The molecule has 4 heteroatoms. The van der Waals surface area contributed by atoms with Gasteiger partial charge in [0.05, 0.1) is 5.56 Å². The van der Waals surface area contributed by atoms with E-state index in [4.69, 9.17) is 4.74 Å². The maximum atomic E-state index is 13.1. The number of ether oxygens (including phenoxy) is 1.